The van der Waals surface area contributed by atoms with Gasteiger partial charge in [0.25, 0.3) is 5.71 Å². The molecule has 16 heavy (non-hydrogen) atoms. The van der Waals surface area contributed by atoms with Crippen LogP contribution in [0, 0.1) is 13.8 Å². The second kappa shape index (κ2) is 3.08. The maximum absolute atomic E-state index is 5.80. The molecule has 0 spiro atoms. The summed E-state index contributed by atoms with van der Waals surface area (Å²) < 4.78 is 10.9. The summed E-state index contributed by atoms with van der Waals surface area (Å²) in [6.07, 6.45) is 0. The van der Waals surface area contributed by atoms with E-state index in [9.17, 15) is 0 Å². The number of hydrogen-bond acceptors (Lipinski definition) is 6. The predicted octanol–water partition coefficient (Wildman–Crippen LogP) is 2.74. The summed E-state index contributed by atoms with van der Waals surface area (Å²) in [5, 5.41) is 0. The Morgan fingerprint density at radius 2 is 2.12 bits per heavy atom. The van der Waals surface area contributed by atoms with Crippen molar-refractivity contribution in [3.8, 4) is 11.6 Å². The molecule has 0 aliphatic carbocycles. The van der Waals surface area contributed by atoms with Crippen LogP contribution in [0.1, 0.15) is 10.6 Å². The van der Waals surface area contributed by atoms with Crippen molar-refractivity contribution < 1.29 is 8.83 Å². The lowest BCUT2D eigenvalue weighted by atomic mass is 10.4. The van der Waals surface area contributed by atoms with Gasteiger partial charge in [-0.3, -0.25) is 0 Å². The Labute approximate surface area is 94.9 Å². The molecule has 3 aromatic heterocycles. The molecule has 0 atom stereocenters. The summed E-state index contributed by atoms with van der Waals surface area (Å²) >= 11 is 1.55. The molecule has 0 radical (unpaired) electrons. The molecule has 0 amide bonds. The smallest absolute Gasteiger partial charge is 0.268 e. The number of aryl methyl sites for hydroxylation is 2. The van der Waals surface area contributed by atoms with Crippen molar-refractivity contribution in [1.82, 2.24) is 9.97 Å². The van der Waals surface area contributed by atoms with Crippen LogP contribution in [0.3, 0.4) is 0 Å². The molecular formula is C10H9N3O2S. The summed E-state index contributed by atoms with van der Waals surface area (Å²) in [6, 6.07) is 0. The molecule has 6 heteroatoms. The summed E-state index contributed by atoms with van der Waals surface area (Å²) in [4.78, 5) is 9.48. The molecule has 0 aromatic carbocycles. The molecule has 0 bridgehead atoms. The van der Waals surface area contributed by atoms with Crippen molar-refractivity contribution in [3.63, 3.8) is 0 Å². The SMILES string of the molecule is Cc1oc2nc(-c3ncsc3C)oc2c1N. The molecule has 0 fully saturated rings. The number of oxazole rings is 1. The summed E-state index contributed by atoms with van der Waals surface area (Å²) in [5.41, 5.74) is 9.73. The molecule has 3 heterocycles. The van der Waals surface area contributed by atoms with Crippen molar-refractivity contribution in [2.75, 3.05) is 5.73 Å². The highest BCUT2D eigenvalue weighted by molar-refractivity contribution is 7.10. The lowest BCUT2D eigenvalue weighted by molar-refractivity contribution is 0.570. The highest BCUT2D eigenvalue weighted by Gasteiger charge is 2.18. The van der Waals surface area contributed by atoms with Crippen molar-refractivity contribution in [1.29, 1.82) is 0 Å². The maximum atomic E-state index is 5.80. The molecule has 82 valence electrons. The number of hydrogen-bond donors (Lipinski definition) is 1. The van der Waals surface area contributed by atoms with Crippen LogP contribution < -0.4 is 5.73 Å². The molecule has 0 aliphatic rings. The Morgan fingerprint density at radius 3 is 2.75 bits per heavy atom. The molecular weight excluding hydrogens is 226 g/mol. The van der Waals surface area contributed by atoms with Gasteiger partial charge in [0.1, 0.15) is 17.1 Å². The van der Waals surface area contributed by atoms with Gasteiger partial charge in [0.15, 0.2) is 0 Å². The Morgan fingerprint density at radius 1 is 1.31 bits per heavy atom. The minimum Gasteiger partial charge on any atom is -0.438 e. The van der Waals surface area contributed by atoms with Crippen LogP contribution in [-0.2, 0) is 0 Å². The van der Waals surface area contributed by atoms with Crippen molar-refractivity contribution >= 4 is 28.3 Å². The van der Waals surface area contributed by atoms with E-state index in [1.807, 2.05) is 6.92 Å². The van der Waals surface area contributed by atoms with Crippen LogP contribution in [0.15, 0.2) is 14.3 Å². The first kappa shape index (κ1) is 9.41. The zero-order chi connectivity index (χ0) is 11.3. The summed E-state index contributed by atoms with van der Waals surface area (Å²) in [5.74, 6) is 1.09. The van der Waals surface area contributed by atoms with Crippen LogP contribution in [-0.4, -0.2) is 9.97 Å². The lowest BCUT2D eigenvalue weighted by Gasteiger charge is -1.90. The molecule has 3 rings (SSSR count). The summed E-state index contributed by atoms with van der Waals surface area (Å²) in [6.45, 7) is 3.74. The maximum Gasteiger partial charge on any atom is 0.268 e. The minimum atomic E-state index is 0.428. The number of thiazole rings is 1. The number of fused-ring (bicyclic) bond motifs is 1. The Bertz CT molecular complexity index is 665. The molecule has 0 saturated heterocycles. The normalized spacial score (nSPS) is 11.4. The predicted molar refractivity (Wildman–Crippen MR) is 61.3 cm³/mol. The zero-order valence-electron chi connectivity index (χ0n) is 8.77. The Kier molecular flexibility index (Phi) is 1.81. The number of aromatic nitrogens is 2. The third kappa shape index (κ3) is 1.16. The van der Waals surface area contributed by atoms with E-state index < -0.39 is 0 Å². The quantitative estimate of drug-likeness (QED) is 0.701. The van der Waals surface area contributed by atoms with Gasteiger partial charge in [0.2, 0.25) is 11.5 Å². The summed E-state index contributed by atoms with van der Waals surface area (Å²) in [7, 11) is 0. The van der Waals surface area contributed by atoms with E-state index in [1.54, 1.807) is 23.8 Å². The van der Waals surface area contributed by atoms with Gasteiger partial charge in [-0.2, -0.15) is 4.98 Å². The number of rotatable bonds is 1. The van der Waals surface area contributed by atoms with Gasteiger partial charge in [0, 0.05) is 4.88 Å². The zero-order valence-corrected chi connectivity index (χ0v) is 9.59. The number of anilines is 1. The molecule has 0 unspecified atom stereocenters. The average Bonchev–Trinajstić information content (AvgIpc) is 2.87. The van der Waals surface area contributed by atoms with Crippen LogP contribution in [0.4, 0.5) is 5.69 Å². The highest BCUT2D eigenvalue weighted by atomic mass is 32.1. The van der Waals surface area contributed by atoms with E-state index in [-0.39, 0.29) is 0 Å². The van der Waals surface area contributed by atoms with Crippen LogP contribution in [0.25, 0.3) is 22.9 Å². The number of nitrogens with two attached hydrogens (primary N) is 1. The second-order valence-electron chi connectivity index (χ2n) is 3.48. The van der Waals surface area contributed by atoms with Crippen molar-refractivity contribution in [2.24, 2.45) is 0 Å². The van der Waals surface area contributed by atoms with Crippen LogP contribution in [0.5, 0.6) is 0 Å². The van der Waals surface area contributed by atoms with Crippen LogP contribution >= 0.6 is 11.3 Å². The Balaban J connectivity index is 2.24. The van der Waals surface area contributed by atoms with Gasteiger partial charge in [-0.15, -0.1) is 11.3 Å². The van der Waals surface area contributed by atoms with E-state index >= 15 is 0 Å². The fraction of sp³-hybridized carbons (Fsp3) is 0.200. The van der Waals surface area contributed by atoms with E-state index in [2.05, 4.69) is 9.97 Å². The lowest BCUT2D eigenvalue weighted by Crippen LogP contribution is -1.83. The molecule has 0 aliphatic heterocycles. The number of furan rings is 1. The van der Waals surface area contributed by atoms with Gasteiger partial charge in [0.05, 0.1) is 5.51 Å². The monoisotopic (exact) mass is 235 g/mol. The van der Waals surface area contributed by atoms with Gasteiger partial charge >= 0.3 is 0 Å². The van der Waals surface area contributed by atoms with Crippen molar-refractivity contribution in [2.45, 2.75) is 13.8 Å². The largest absolute Gasteiger partial charge is 0.438 e. The third-order valence-corrected chi connectivity index (χ3v) is 3.17. The third-order valence-electron chi connectivity index (χ3n) is 2.42. The standard InChI is InChI=1S/C10H9N3O2S/c1-4-6(11)8-10(14-4)13-9(15-8)7-5(2)16-3-12-7/h3H,11H2,1-2H3. The topological polar surface area (TPSA) is 78.1 Å². The van der Waals surface area contributed by atoms with E-state index in [4.69, 9.17) is 14.6 Å². The number of nitrogens with zero attached hydrogens (tertiary/aromatic N) is 2. The molecule has 2 N–H and O–H groups in total. The minimum absolute atomic E-state index is 0.428. The molecule has 5 nitrogen and oxygen atoms in total. The second-order valence-corrected chi connectivity index (χ2v) is 4.54. The van der Waals surface area contributed by atoms with Gasteiger partial charge in [-0.05, 0) is 13.8 Å². The fourth-order valence-corrected chi connectivity index (χ4v) is 2.09. The van der Waals surface area contributed by atoms with E-state index in [1.165, 1.54) is 0 Å². The van der Waals surface area contributed by atoms with Gasteiger partial charge in [-0.1, -0.05) is 0 Å². The first-order valence-corrected chi connectivity index (χ1v) is 5.60. The van der Waals surface area contributed by atoms with Gasteiger partial charge in [-0.25, -0.2) is 4.98 Å². The molecule has 3 aromatic rings. The highest BCUT2D eigenvalue weighted by Crippen LogP contribution is 2.33. The fourth-order valence-electron chi connectivity index (χ4n) is 1.52. The van der Waals surface area contributed by atoms with Crippen molar-refractivity contribution in [3.05, 3.63) is 16.1 Å². The molecule has 0 saturated carbocycles. The first-order valence-electron chi connectivity index (χ1n) is 4.72. The van der Waals surface area contributed by atoms with Crippen LogP contribution in [0.2, 0.25) is 0 Å². The first-order chi connectivity index (χ1) is 7.66. The van der Waals surface area contributed by atoms with Gasteiger partial charge < -0.3 is 14.6 Å². The Hall–Kier alpha value is -1.82. The average molecular weight is 235 g/mol. The number of nitrogen functional groups attached to an aromatic ring is 1. The van der Waals surface area contributed by atoms with E-state index in [0.717, 1.165) is 10.6 Å². The van der Waals surface area contributed by atoms with E-state index in [0.29, 0.717) is 28.6 Å².